The Labute approximate surface area is 173 Å². The summed E-state index contributed by atoms with van der Waals surface area (Å²) in [6, 6.07) is 27.4. The van der Waals surface area contributed by atoms with E-state index in [0.29, 0.717) is 16.8 Å². The Hall–Kier alpha value is -4.32. The van der Waals surface area contributed by atoms with Crippen molar-refractivity contribution in [3.63, 3.8) is 0 Å². The van der Waals surface area contributed by atoms with Gasteiger partial charge < -0.3 is 5.11 Å². The molecular weight excluding hydrogens is 376 g/mol. The van der Waals surface area contributed by atoms with Crippen LogP contribution < -0.4 is 5.43 Å². The largest absolute Gasteiger partial charge is 0.507 e. The molecular formula is C24H18N4O2. The van der Waals surface area contributed by atoms with Crippen molar-refractivity contribution >= 4 is 34.3 Å². The van der Waals surface area contributed by atoms with Crippen LogP contribution in [0.25, 0.3) is 10.8 Å². The molecule has 0 saturated carbocycles. The lowest BCUT2D eigenvalue weighted by molar-refractivity contribution is 0.0955. The lowest BCUT2D eigenvalue weighted by atomic mass is 10.1. The molecule has 0 heterocycles. The number of aromatic hydroxyl groups is 1. The highest BCUT2D eigenvalue weighted by atomic mass is 16.3. The van der Waals surface area contributed by atoms with Crippen LogP contribution in [0, 0.1) is 0 Å². The maximum atomic E-state index is 12.0. The molecule has 4 aromatic carbocycles. The predicted molar refractivity (Wildman–Crippen MR) is 118 cm³/mol. The summed E-state index contributed by atoms with van der Waals surface area (Å²) in [6.45, 7) is 0. The number of hydrogen-bond donors (Lipinski definition) is 2. The van der Waals surface area contributed by atoms with E-state index in [9.17, 15) is 9.90 Å². The van der Waals surface area contributed by atoms with E-state index in [1.165, 1.54) is 12.3 Å². The minimum Gasteiger partial charge on any atom is -0.507 e. The highest BCUT2D eigenvalue weighted by Crippen LogP contribution is 2.28. The second-order valence-corrected chi connectivity index (χ2v) is 6.51. The molecule has 0 fully saturated rings. The van der Waals surface area contributed by atoms with E-state index in [1.54, 1.807) is 36.4 Å². The molecule has 2 N–H and O–H groups in total. The summed E-state index contributed by atoms with van der Waals surface area (Å²) in [5, 5.41) is 24.7. The number of phenolic OH excluding ortho intramolecular Hbond substituents is 1. The summed E-state index contributed by atoms with van der Waals surface area (Å²) in [5.41, 5.74) is 4.66. The van der Waals surface area contributed by atoms with Gasteiger partial charge in [-0.05, 0) is 41.8 Å². The molecule has 0 radical (unpaired) electrons. The van der Waals surface area contributed by atoms with E-state index in [0.717, 1.165) is 16.5 Å². The Kier molecular flexibility index (Phi) is 5.57. The zero-order valence-corrected chi connectivity index (χ0v) is 15.9. The molecule has 4 rings (SSSR count). The molecule has 6 nitrogen and oxygen atoms in total. The number of amides is 1. The fourth-order valence-electron chi connectivity index (χ4n) is 2.93. The standard InChI is InChI=1S/C24H18N4O2/c29-23-14-13-20(26-27-22-12-6-10-17-7-4-5-11-21(17)22)15-19(23)16-25-28-24(30)18-8-2-1-3-9-18/h1-16,29H,(H,28,30)/b25-16+,27-26?. The highest BCUT2D eigenvalue weighted by Gasteiger charge is 2.04. The molecule has 0 aliphatic heterocycles. The van der Waals surface area contributed by atoms with Crippen molar-refractivity contribution in [2.75, 3.05) is 0 Å². The molecule has 0 saturated heterocycles. The van der Waals surface area contributed by atoms with Crippen LogP contribution in [-0.2, 0) is 0 Å². The summed E-state index contributed by atoms with van der Waals surface area (Å²) >= 11 is 0. The third-order valence-electron chi connectivity index (χ3n) is 4.46. The van der Waals surface area contributed by atoms with Gasteiger partial charge in [-0.2, -0.15) is 10.2 Å². The lowest BCUT2D eigenvalue weighted by Gasteiger charge is -2.02. The van der Waals surface area contributed by atoms with Gasteiger partial charge in [-0.15, -0.1) is 5.11 Å². The molecule has 0 bridgehead atoms. The van der Waals surface area contributed by atoms with Crippen molar-refractivity contribution in [2.24, 2.45) is 15.3 Å². The number of nitrogens with zero attached hydrogens (tertiary/aromatic N) is 3. The first-order valence-corrected chi connectivity index (χ1v) is 9.32. The monoisotopic (exact) mass is 394 g/mol. The number of carbonyl (C=O) groups is 1. The molecule has 146 valence electrons. The van der Waals surface area contributed by atoms with Gasteiger partial charge in [0.1, 0.15) is 5.75 Å². The number of hydrogen-bond acceptors (Lipinski definition) is 5. The molecule has 1 amide bonds. The zero-order valence-electron chi connectivity index (χ0n) is 15.9. The normalized spacial score (nSPS) is 11.3. The van der Waals surface area contributed by atoms with Gasteiger partial charge in [-0.1, -0.05) is 54.6 Å². The number of phenols is 1. The van der Waals surface area contributed by atoms with Gasteiger partial charge in [0.05, 0.1) is 17.6 Å². The molecule has 0 unspecified atom stereocenters. The van der Waals surface area contributed by atoms with Crippen LogP contribution in [0.15, 0.2) is 106 Å². The second kappa shape index (κ2) is 8.79. The Morgan fingerprint density at radius 2 is 1.60 bits per heavy atom. The number of carbonyl (C=O) groups excluding carboxylic acids is 1. The molecule has 4 aromatic rings. The first-order chi connectivity index (χ1) is 14.7. The SMILES string of the molecule is O=C(N/N=C/c1cc(N=Nc2cccc3ccccc23)ccc1O)c1ccccc1. The zero-order chi connectivity index (χ0) is 20.8. The molecule has 0 atom stereocenters. The molecule has 6 heteroatoms. The van der Waals surface area contributed by atoms with Gasteiger partial charge in [-0.3, -0.25) is 4.79 Å². The number of rotatable bonds is 5. The van der Waals surface area contributed by atoms with Crippen LogP contribution in [-0.4, -0.2) is 17.2 Å². The van der Waals surface area contributed by atoms with Crippen molar-refractivity contribution in [2.45, 2.75) is 0 Å². The van der Waals surface area contributed by atoms with Crippen molar-refractivity contribution < 1.29 is 9.90 Å². The van der Waals surface area contributed by atoms with E-state index in [4.69, 9.17) is 0 Å². The van der Waals surface area contributed by atoms with Gasteiger partial charge in [0.2, 0.25) is 0 Å². The van der Waals surface area contributed by atoms with Crippen LogP contribution in [0.2, 0.25) is 0 Å². The highest BCUT2D eigenvalue weighted by molar-refractivity contribution is 5.95. The van der Waals surface area contributed by atoms with Gasteiger partial charge in [0, 0.05) is 16.5 Å². The van der Waals surface area contributed by atoms with Crippen LogP contribution in [0.5, 0.6) is 5.75 Å². The van der Waals surface area contributed by atoms with Crippen LogP contribution >= 0.6 is 0 Å². The first-order valence-electron chi connectivity index (χ1n) is 9.32. The summed E-state index contributed by atoms with van der Waals surface area (Å²) in [7, 11) is 0. The van der Waals surface area contributed by atoms with Gasteiger partial charge in [0.25, 0.3) is 5.91 Å². The van der Waals surface area contributed by atoms with Crippen LogP contribution in [0.3, 0.4) is 0 Å². The maximum Gasteiger partial charge on any atom is 0.271 e. The number of azo groups is 1. The average Bonchev–Trinajstić information content (AvgIpc) is 2.80. The smallest absolute Gasteiger partial charge is 0.271 e. The third kappa shape index (κ3) is 4.39. The molecule has 0 spiro atoms. The van der Waals surface area contributed by atoms with Crippen molar-refractivity contribution in [1.29, 1.82) is 0 Å². The van der Waals surface area contributed by atoms with E-state index in [2.05, 4.69) is 20.8 Å². The predicted octanol–water partition coefficient (Wildman–Crippen LogP) is 5.72. The van der Waals surface area contributed by atoms with Crippen molar-refractivity contribution in [1.82, 2.24) is 5.43 Å². The molecule has 0 aliphatic carbocycles. The number of benzene rings is 4. The van der Waals surface area contributed by atoms with Crippen molar-refractivity contribution in [3.8, 4) is 5.75 Å². The second-order valence-electron chi connectivity index (χ2n) is 6.51. The Morgan fingerprint density at radius 3 is 2.47 bits per heavy atom. The summed E-state index contributed by atoms with van der Waals surface area (Å²) < 4.78 is 0. The number of hydrazone groups is 1. The summed E-state index contributed by atoms with van der Waals surface area (Å²) in [6.07, 6.45) is 1.37. The molecule has 0 aliphatic rings. The van der Waals surface area contributed by atoms with Crippen molar-refractivity contribution in [3.05, 3.63) is 102 Å². The van der Waals surface area contributed by atoms with Gasteiger partial charge >= 0.3 is 0 Å². The minimum absolute atomic E-state index is 0.0248. The Balaban J connectivity index is 1.51. The van der Waals surface area contributed by atoms with Crippen LogP contribution in [0.1, 0.15) is 15.9 Å². The maximum absolute atomic E-state index is 12.0. The third-order valence-corrected chi connectivity index (χ3v) is 4.46. The fourth-order valence-corrected chi connectivity index (χ4v) is 2.93. The lowest BCUT2D eigenvalue weighted by Crippen LogP contribution is -2.17. The average molecular weight is 394 g/mol. The fraction of sp³-hybridized carbons (Fsp3) is 0. The van der Waals surface area contributed by atoms with Gasteiger partial charge in [-0.25, -0.2) is 5.43 Å². The quantitative estimate of drug-likeness (QED) is 0.257. The van der Waals surface area contributed by atoms with Gasteiger partial charge in [0.15, 0.2) is 0 Å². The van der Waals surface area contributed by atoms with E-state index in [-0.39, 0.29) is 11.7 Å². The molecule has 30 heavy (non-hydrogen) atoms. The Bertz CT molecular complexity index is 1250. The number of fused-ring (bicyclic) bond motifs is 1. The topological polar surface area (TPSA) is 86.4 Å². The van der Waals surface area contributed by atoms with E-state index >= 15 is 0 Å². The Morgan fingerprint density at radius 1 is 0.833 bits per heavy atom. The van der Waals surface area contributed by atoms with E-state index in [1.807, 2.05) is 48.5 Å². The summed E-state index contributed by atoms with van der Waals surface area (Å²) in [4.78, 5) is 12.0. The summed E-state index contributed by atoms with van der Waals surface area (Å²) in [5.74, 6) is -0.310. The van der Waals surface area contributed by atoms with E-state index < -0.39 is 0 Å². The number of nitrogens with one attached hydrogen (secondary N) is 1. The first kappa shape index (κ1) is 19.0. The molecule has 0 aromatic heterocycles. The van der Waals surface area contributed by atoms with Crippen LogP contribution in [0.4, 0.5) is 11.4 Å². The minimum atomic E-state index is -0.335.